The molecule has 0 aliphatic carbocycles. The van der Waals surface area contributed by atoms with E-state index in [1.165, 1.54) is 0 Å². The first kappa shape index (κ1) is 12.8. The molecule has 0 aliphatic heterocycles. The van der Waals surface area contributed by atoms with Gasteiger partial charge in [0.15, 0.2) is 0 Å². The van der Waals surface area contributed by atoms with Crippen LogP contribution in [0, 0.1) is 0 Å². The Balaban J connectivity index is 2.09. The lowest BCUT2D eigenvalue weighted by atomic mass is 10.1. The molecule has 0 radical (unpaired) electrons. The summed E-state index contributed by atoms with van der Waals surface area (Å²) in [5.41, 5.74) is 4.06. The maximum Gasteiger partial charge on any atom is 0.289 e. The summed E-state index contributed by atoms with van der Waals surface area (Å²) in [6, 6.07) is 11.7. The monoisotopic (exact) mass is 255 g/mol. The summed E-state index contributed by atoms with van der Waals surface area (Å²) < 4.78 is 0. The summed E-state index contributed by atoms with van der Waals surface area (Å²) >= 11 is 0. The van der Waals surface area contributed by atoms with Gasteiger partial charge in [-0.2, -0.15) is 5.10 Å². The van der Waals surface area contributed by atoms with Crippen molar-refractivity contribution in [3.05, 3.63) is 59.9 Å². The quantitative estimate of drug-likeness (QED) is 0.650. The Morgan fingerprint density at radius 2 is 2.11 bits per heavy atom. The molecule has 1 heterocycles. The van der Waals surface area contributed by atoms with Gasteiger partial charge in [-0.1, -0.05) is 18.2 Å². The van der Waals surface area contributed by atoms with Crippen LogP contribution in [0.5, 0.6) is 5.75 Å². The number of benzene rings is 1. The number of amides is 1. The van der Waals surface area contributed by atoms with E-state index < -0.39 is 0 Å². The van der Waals surface area contributed by atoms with Crippen LogP contribution >= 0.6 is 0 Å². The Morgan fingerprint density at radius 1 is 1.26 bits per heavy atom. The predicted octanol–water partition coefficient (Wildman–Crippen LogP) is 1.94. The SMILES string of the molecule is C/C(=N\NC(=O)c1ccccn1)c1cccc(O)c1. The number of rotatable bonds is 3. The zero-order valence-electron chi connectivity index (χ0n) is 10.4. The van der Waals surface area contributed by atoms with Gasteiger partial charge in [0.2, 0.25) is 0 Å². The number of carbonyl (C=O) groups is 1. The highest BCUT2D eigenvalue weighted by atomic mass is 16.3. The average Bonchev–Trinajstić information content (AvgIpc) is 2.45. The second-order valence-electron chi connectivity index (χ2n) is 3.90. The number of carbonyl (C=O) groups excluding carboxylic acids is 1. The van der Waals surface area contributed by atoms with Gasteiger partial charge < -0.3 is 5.11 Å². The Bertz CT molecular complexity index is 609. The number of hydrogen-bond donors (Lipinski definition) is 2. The van der Waals surface area contributed by atoms with Crippen molar-refractivity contribution in [3.63, 3.8) is 0 Å². The van der Waals surface area contributed by atoms with Crippen LogP contribution in [0.3, 0.4) is 0 Å². The number of aromatic nitrogens is 1. The van der Waals surface area contributed by atoms with Gasteiger partial charge in [-0.3, -0.25) is 9.78 Å². The summed E-state index contributed by atoms with van der Waals surface area (Å²) in [7, 11) is 0. The van der Waals surface area contributed by atoms with Gasteiger partial charge in [-0.15, -0.1) is 0 Å². The van der Waals surface area contributed by atoms with E-state index in [-0.39, 0.29) is 11.7 Å². The minimum Gasteiger partial charge on any atom is -0.508 e. The van der Waals surface area contributed by atoms with Crippen LogP contribution in [0.4, 0.5) is 0 Å². The van der Waals surface area contributed by atoms with E-state index in [1.807, 2.05) is 0 Å². The van der Waals surface area contributed by atoms with Gasteiger partial charge in [0, 0.05) is 11.8 Å². The third kappa shape index (κ3) is 3.38. The number of hydrogen-bond acceptors (Lipinski definition) is 4. The largest absolute Gasteiger partial charge is 0.508 e. The topological polar surface area (TPSA) is 74.6 Å². The molecule has 2 rings (SSSR count). The Labute approximate surface area is 110 Å². The molecule has 0 atom stereocenters. The van der Waals surface area contributed by atoms with Crippen molar-refractivity contribution < 1.29 is 9.90 Å². The lowest BCUT2D eigenvalue weighted by Gasteiger charge is -2.03. The van der Waals surface area contributed by atoms with Gasteiger partial charge in [0.25, 0.3) is 5.91 Å². The molecule has 0 saturated carbocycles. The molecule has 0 aliphatic rings. The molecule has 5 nitrogen and oxygen atoms in total. The number of phenols is 1. The van der Waals surface area contributed by atoms with Crippen LogP contribution in [0.15, 0.2) is 53.8 Å². The van der Waals surface area contributed by atoms with E-state index in [1.54, 1.807) is 55.6 Å². The summed E-state index contributed by atoms with van der Waals surface area (Å²) in [6.45, 7) is 1.74. The zero-order valence-corrected chi connectivity index (χ0v) is 10.4. The molecule has 0 unspecified atom stereocenters. The summed E-state index contributed by atoms with van der Waals surface area (Å²) in [4.78, 5) is 15.6. The van der Waals surface area contributed by atoms with E-state index in [9.17, 15) is 9.90 Å². The van der Waals surface area contributed by atoms with E-state index in [0.29, 0.717) is 11.4 Å². The minimum atomic E-state index is -0.375. The van der Waals surface area contributed by atoms with Crippen molar-refractivity contribution in [2.45, 2.75) is 6.92 Å². The highest BCUT2D eigenvalue weighted by molar-refractivity contribution is 6.00. The third-order valence-corrected chi connectivity index (χ3v) is 2.49. The smallest absolute Gasteiger partial charge is 0.289 e. The lowest BCUT2D eigenvalue weighted by molar-refractivity contribution is 0.0950. The maximum absolute atomic E-state index is 11.7. The van der Waals surface area contributed by atoms with Crippen LogP contribution in [0.25, 0.3) is 0 Å². The fourth-order valence-electron chi connectivity index (χ4n) is 1.48. The second kappa shape index (κ2) is 5.77. The fourth-order valence-corrected chi connectivity index (χ4v) is 1.48. The molecule has 1 amide bonds. The van der Waals surface area contributed by atoms with Gasteiger partial charge in [-0.05, 0) is 31.2 Å². The first-order valence-corrected chi connectivity index (χ1v) is 5.72. The van der Waals surface area contributed by atoms with E-state index >= 15 is 0 Å². The molecule has 0 bridgehead atoms. The predicted molar refractivity (Wildman–Crippen MR) is 72.0 cm³/mol. The average molecular weight is 255 g/mol. The number of nitrogens with one attached hydrogen (secondary N) is 1. The molecule has 0 saturated heterocycles. The molecule has 0 spiro atoms. The second-order valence-corrected chi connectivity index (χ2v) is 3.90. The highest BCUT2D eigenvalue weighted by Gasteiger charge is 2.05. The number of aromatic hydroxyl groups is 1. The molecule has 1 aromatic heterocycles. The van der Waals surface area contributed by atoms with E-state index in [2.05, 4.69) is 15.5 Å². The summed E-state index contributed by atoms with van der Waals surface area (Å²) in [6.07, 6.45) is 1.54. The molecule has 2 aromatic rings. The zero-order chi connectivity index (χ0) is 13.7. The number of nitrogens with zero attached hydrogens (tertiary/aromatic N) is 2. The maximum atomic E-state index is 11.7. The number of pyridine rings is 1. The molecule has 19 heavy (non-hydrogen) atoms. The molecule has 0 fully saturated rings. The van der Waals surface area contributed by atoms with Crippen molar-refractivity contribution in [1.82, 2.24) is 10.4 Å². The molecule has 96 valence electrons. The van der Waals surface area contributed by atoms with E-state index in [4.69, 9.17) is 0 Å². The number of hydrazone groups is 1. The molecule has 5 heteroatoms. The van der Waals surface area contributed by atoms with Gasteiger partial charge in [-0.25, -0.2) is 5.43 Å². The first-order chi connectivity index (χ1) is 9.16. The summed E-state index contributed by atoms with van der Waals surface area (Å²) in [5.74, 6) is -0.219. The van der Waals surface area contributed by atoms with Crippen molar-refractivity contribution in [3.8, 4) is 5.75 Å². The molecule has 1 aromatic carbocycles. The lowest BCUT2D eigenvalue weighted by Crippen LogP contribution is -2.20. The van der Waals surface area contributed by atoms with Crippen LogP contribution < -0.4 is 5.43 Å². The highest BCUT2D eigenvalue weighted by Crippen LogP contribution is 2.11. The Morgan fingerprint density at radius 3 is 2.79 bits per heavy atom. The normalized spacial score (nSPS) is 11.1. The molecular formula is C14H13N3O2. The van der Waals surface area contributed by atoms with Crippen molar-refractivity contribution in [2.75, 3.05) is 0 Å². The van der Waals surface area contributed by atoms with Crippen LogP contribution in [0.2, 0.25) is 0 Å². The molecular weight excluding hydrogens is 242 g/mol. The fraction of sp³-hybridized carbons (Fsp3) is 0.0714. The van der Waals surface area contributed by atoms with Crippen molar-refractivity contribution in [1.29, 1.82) is 0 Å². The van der Waals surface area contributed by atoms with Gasteiger partial charge in [0.1, 0.15) is 11.4 Å². The first-order valence-electron chi connectivity index (χ1n) is 5.72. The van der Waals surface area contributed by atoms with Crippen LogP contribution in [-0.2, 0) is 0 Å². The number of phenolic OH excluding ortho intramolecular Hbond substituents is 1. The molecule has 2 N–H and O–H groups in total. The van der Waals surface area contributed by atoms with Crippen LogP contribution in [-0.4, -0.2) is 21.7 Å². The summed E-state index contributed by atoms with van der Waals surface area (Å²) in [5, 5.41) is 13.3. The third-order valence-electron chi connectivity index (χ3n) is 2.49. The van der Waals surface area contributed by atoms with Crippen LogP contribution in [0.1, 0.15) is 23.0 Å². The Kier molecular flexibility index (Phi) is 3.87. The van der Waals surface area contributed by atoms with Crippen molar-refractivity contribution >= 4 is 11.6 Å². The van der Waals surface area contributed by atoms with Gasteiger partial charge >= 0.3 is 0 Å². The van der Waals surface area contributed by atoms with Crippen molar-refractivity contribution in [2.24, 2.45) is 5.10 Å². The van der Waals surface area contributed by atoms with E-state index in [0.717, 1.165) is 5.56 Å². The minimum absolute atomic E-state index is 0.156. The standard InChI is InChI=1S/C14H13N3O2/c1-10(11-5-4-6-12(18)9-11)16-17-14(19)13-7-2-3-8-15-13/h2-9,18H,1H3,(H,17,19)/b16-10+. The van der Waals surface area contributed by atoms with Gasteiger partial charge in [0.05, 0.1) is 5.71 Å². The Hall–Kier alpha value is -2.69.